The molecule has 0 spiro atoms. The van der Waals surface area contributed by atoms with Crippen LogP contribution in [0, 0.1) is 5.92 Å². The van der Waals surface area contributed by atoms with Crippen molar-refractivity contribution >= 4 is 29.3 Å². The van der Waals surface area contributed by atoms with Gasteiger partial charge in [-0.05, 0) is 31.0 Å². The lowest BCUT2D eigenvalue weighted by Gasteiger charge is -2.27. The molecule has 8 heteroatoms. The Hall–Kier alpha value is -2.74. The molecule has 25 heavy (non-hydrogen) atoms. The van der Waals surface area contributed by atoms with Crippen LogP contribution in [0.5, 0.6) is 0 Å². The number of benzene rings is 1. The van der Waals surface area contributed by atoms with E-state index < -0.39 is 29.7 Å². The van der Waals surface area contributed by atoms with E-state index in [0.717, 1.165) is 4.90 Å². The molecule has 2 aliphatic heterocycles. The smallest absolute Gasteiger partial charge is 0.264 e. The quantitative estimate of drug-likeness (QED) is 0.651. The van der Waals surface area contributed by atoms with Gasteiger partial charge in [0.2, 0.25) is 11.8 Å². The molecule has 2 aliphatic rings. The van der Waals surface area contributed by atoms with Crippen molar-refractivity contribution < 1.29 is 19.2 Å². The van der Waals surface area contributed by atoms with Crippen LogP contribution in [0.3, 0.4) is 0 Å². The highest BCUT2D eigenvalue weighted by atomic mass is 16.2. The molecule has 3 rings (SSSR count). The molecule has 0 aromatic heterocycles. The Morgan fingerprint density at radius 1 is 1.28 bits per heavy atom. The van der Waals surface area contributed by atoms with Crippen molar-refractivity contribution in [2.24, 2.45) is 11.7 Å². The molecule has 0 aliphatic carbocycles. The van der Waals surface area contributed by atoms with Crippen LogP contribution >= 0.6 is 0 Å². The first-order chi connectivity index (χ1) is 11.9. The number of nitrogens with two attached hydrogens (primary N) is 1. The number of nitrogens with zero attached hydrogens (tertiary/aromatic N) is 1. The Kier molecular flexibility index (Phi) is 4.54. The lowest BCUT2D eigenvalue weighted by atomic mass is 10.0. The Morgan fingerprint density at radius 2 is 2.04 bits per heavy atom. The topological polar surface area (TPSA) is 122 Å². The van der Waals surface area contributed by atoms with Crippen LogP contribution in [-0.4, -0.2) is 47.7 Å². The van der Waals surface area contributed by atoms with Crippen molar-refractivity contribution in [1.82, 2.24) is 10.2 Å². The van der Waals surface area contributed by atoms with E-state index in [0.29, 0.717) is 18.8 Å². The van der Waals surface area contributed by atoms with E-state index in [1.54, 1.807) is 18.2 Å². The van der Waals surface area contributed by atoms with Crippen molar-refractivity contribution in [3.63, 3.8) is 0 Å². The molecule has 8 nitrogen and oxygen atoms in total. The number of hydrogen-bond acceptors (Lipinski definition) is 6. The maximum absolute atomic E-state index is 12.8. The zero-order valence-electron chi connectivity index (χ0n) is 13.9. The molecule has 1 aromatic carbocycles. The molecular formula is C17H20N4O4. The van der Waals surface area contributed by atoms with Gasteiger partial charge < -0.3 is 11.1 Å². The van der Waals surface area contributed by atoms with Crippen molar-refractivity contribution in [1.29, 1.82) is 0 Å². The monoisotopic (exact) mass is 344 g/mol. The van der Waals surface area contributed by atoms with Gasteiger partial charge in [0.1, 0.15) is 6.04 Å². The largest absolute Gasteiger partial charge is 0.384 e. The fourth-order valence-corrected chi connectivity index (χ4v) is 3.03. The van der Waals surface area contributed by atoms with E-state index in [4.69, 9.17) is 5.73 Å². The van der Waals surface area contributed by atoms with Crippen LogP contribution in [0.4, 0.5) is 5.69 Å². The molecule has 4 amide bonds. The highest BCUT2D eigenvalue weighted by Gasteiger charge is 2.45. The molecule has 2 heterocycles. The number of fused-ring (bicyclic) bond motifs is 1. The minimum Gasteiger partial charge on any atom is -0.384 e. The third kappa shape index (κ3) is 3.00. The Labute approximate surface area is 144 Å². The first-order valence-electron chi connectivity index (χ1n) is 8.22. The molecule has 0 radical (unpaired) electrons. The standard InChI is InChI=1S/C17H20N4O4/c1-9(7-18)8-19-11-4-2-3-10-14(11)17(25)21(16(10)24)12-5-6-13(22)20-15(12)23/h2-4,9,12,19H,5-8,18H2,1H3,(H,20,22,23)/t9-,12-/m1/s1. The summed E-state index contributed by atoms with van der Waals surface area (Å²) < 4.78 is 0. The van der Waals surface area contributed by atoms with E-state index in [-0.39, 0.29) is 29.9 Å². The molecule has 2 atom stereocenters. The average Bonchev–Trinajstić information content (AvgIpc) is 2.85. The van der Waals surface area contributed by atoms with Gasteiger partial charge in [-0.15, -0.1) is 0 Å². The summed E-state index contributed by atoms with van der Waals surface area (Å²) in [6.45, 7) is 3.03. The predicted molar refractivity (Wildman–Crippen MR) is 89.8 cm³/mol. The number of rotatable bonds is 5. The van der Waals surface area contributed by atoms with Crippen LogP contribution in [0.15, 0.2) is 18.2 Å². The average molecular weight is 344 g/mol. The molecule has 1 aromatic rings. The number of piperidine rings is 1. The van der Waals surface area contributed by atoms with Crippen LogP contribution in [0.1, 0.15) is 40.5 Å². The first-order valence-corrected chi connectivity index (χ1v) is 8.22. The van der Waals surface area contributed by atoms with Crippen molar-refractivity contribution in [2.75, 3.05) is 18.4 Å². The van der Waals surface area contributed by atoms with E-state index in [1.807, 2.05) is 6.92 Å². The summed E-state index contributed by atoms with van der Waals surface area (Å²) >= 11 is 0. The zero-order chi connectivity index (χ0) is 18.1. The zero-order valence-corrected chi connectivity index (χ0v) is 13.9. The molecule has 0 saturated carbocycles. The molecule has 0 bridgehead atoms. The van der Waals surface area contributed by atoms with Gasteiger partial charge in [0.15, 0.2) is 0 Å². The number of hydrogen-bond donors (Lipinski definition) is 3. The Balaban J connectivity index is 1.89. The van der Waals surface area contributed by atoms with Crippen LogP contribution in [0.2, 0.25) is 0 Å². The summed E-state index contributed by atoms with van der Waals surface area (Å²) in [6.07, 6.45) is 0.242. The minimum atomic E-state index is -0.957. The number of carbonyl (C=O) groups is 4. The second-order valence-electron chi connectivity index (χ2n) is 6.40. The van der Waals surface area contributed by atoms with Gasteiger partial charge >= 0.3 is 0 Å². The van der Waals surface area contributed by atoms with Crippen LogP contribution in [0.25, 0.3) is 0 Å². The van der Waals surface area contributed by atoms with Gasteiger partial charge in [-0.3, -0.25) is 29.4 Å². The van der Waals surface area contributed by atoms with Gasteiger partial charge in [-0.2, -0.15) is 0 Å². The first kappa shape index (κ1) is 17.1. The number of imide groups is 2. The third-order valence-corrected chi connectivity index (χ3v) is 4.51. The number of nitrogens with one attached hydrogen (secondary N) is 2. The molecule has 4 N–H and O–H groups in total. The van der Waals surface area contributed by atoms with Gasteiger partial charge in [-0.1, -0.05) is 13.0 Å². The SMILES string of the molecule is C[C@H](CN)CNc1cccc2c1C(=O)N([C@@H]1CCC(=O)NC1=O)C2=O. The summed E-state index contributed by atoms with van der Waals surface area (Å²) in [5.41, 5.74) is 6.68. The highest BCUT2D eigenvalue weighted by Crippen LogP contribution is 2.32. The Morgan fingerprint density at radius 3 is 2.72 bits per heavy atom. The van der Waals surface area contributed by atoms with E-state index in [1.165, 1.54) is 0 Å². The van der Waals surface area contributed by atoms with Gasteiger partial charge in [0, 0.05) is 18.7 Å². The summed E-state index contributed by atoms with van der Waals surface area (Å²) in [5.74, 6) is -1.83. The summed E-state index contributed by atoms with van der Waals surface area (Å²) in [6, 6.07) is 4.02. The highest BCUT2D eigenvalue weighted by molar-refractivity contribution is 6.25. The van der Waals surface area contributed by atoms with Crippen LogP contribution in [-0.2, 0) is 9.59 Å². The Bertz CT molecular complexity index is 761. The molecule has 132 valence electrons. The maximum atomic E-state index is 12.8. The van der Waals surface area contributed by atoms with E-state index >= 15 is 0 Å². The summed E-state index contributed by atoms with van der Waals surface area (Å²) in [5, 5.41) is 5.34. The van der Waals surface area contributed by atoms with Crippen LogP contribution < -0.4 is 16.4 Å². The molecule has 1 fully saturated rings. The van der Waals surface area contributed by atoms with E-state index in [2.05, 4.69) is 10.6 Å². The fourth-order valence-electron chi connectivity index (χ4n) is 3.03. The lowest BCUT2D eigenvalue weighted by Crippen LogP contribution is -2.54. The van der Waals surface area contributed by atoms with Crippen molar-refractivity contribution in [3.05, 3.63) is 29.3 Å². The fraction of sp³-hybridized carbons (Fsp3) is 0.412. The predicted octanol–water partition coefficient (Wildman–Crippen LogP) is 0.0945. The normalized spacial score (nSPS) is 21.2. The van der Waals surface area contributed by atoms with Crippen molar-refractivity contribution in [2.45, 2.75) is 25.8 Å². The maximum Gasteiger partial charge on any atom is 0.264 e. The molecular weight excluding hydrogens is 324 g/mol. The number of amides is 4. The lowest BCUT2D eigenvalue weighted by molar-refractivity contribution is -0.136. The molecule has 1 saturated heterocycles. The molecule has 0 unspecified atom stereocenters. The number of carbonyl (C=O) groups excluding carboxylic acids is 4. The van der Waals surface area contributed by atoms with Crippen molar-refractivity contribution in [3.8, 4) is 0 Å². The second kappa shape index (κ2) is 6.64. The third-order valence-electron chi connectivity index (χ3n) is 4.51. The number of anilines is 1. The summed E-state index contributed by atoms with van der Waals surface area (Å²) in [4.78, 5) is 49.9. The second-order valence-corrected chi connectivity index (χ2v) is 6.40. The van der Waals surface area contributed by atoms with Gasteiger partial charge in [0.25, 0.3) is 11.8 Å². The summed E-state index contributed by atoms with van der Waals surface area (Å²) in [7, 11) is 0. The van der Waals surface area contributed by atoms with Gasteiger partial charge in [0.05, 0.1) is 11.1 Å². The van der Waals surface area contributed by atoms with E-state index in [9.17, 15) is 19.2 Å². The van der Waals surface area contributed by atoms with Gasteiger partial charge in [-0.25, -0.2) is 0 Å². The minimum absolute atomic E-state index is 0.100.